The number of sulfonamides is 1. The Morgan fingerprint density at radius 3 is 2.62 bits per heavy atom. The van der Waals surface area contributed by atoms with Crippen LogP contribution in [0.15, 0.2) is 41.3 Å². The molecule has 3 aliphatic rings. The number of fused-ring (bicyclic) bond motifs is 2. The minimum atomic E-state index is -4.05. The number of hydrogen-bond donors (Lipinski definition) is 1. The molecule has 1 N–H and O–H groups in total. The molecule has 3 fully saturated rings. The molecule has 5 rings (SSSR count). The van der Waals surface area contributed by atoms with E-state index in [1.54, 1.807) is 42.2 Å². The average molecular weight is 552 g/mol. The summed E-state index contributed by atoms with van der Waals surface area (Å²) in [4.78, 5) is 27.0. The van der Waals surface area contributed by atoms with Gasteiger partial charge in [-0.2, -0.15) is 4.31 Å². The highest BCUT2D eigenvalue weighted by Crippen LogP contribution is 2.43. The first-order valence-corrected chi connectivity index (χ1v) is 14.1. The van der Waals surface area contributed by atoms with E-state index in [0.717, 1.165) is 22.8 Å². The average Bonchev–Trinajstić information content (AvgIpc) is 3.18. The van der Waals surface area contributed by atoms with Gasteiger partial charge in [-0.3, -0.25) is 4.79 Å². The molecule has 0 bridgehead atoms. The van der Waals surface area contributed by atoms with Crippen molar-refractivity contribution in [3.05, 3.63) is 41.4 Å². The fraction of sp³-hybridized carbons (Fsp3) is 0.520. The minimum Gasteiger partial charge on any atom is -0.464 e. The summed E-state index contributed by atoms with van der Waals surface area (Å²) >= 11 is 6.07. The molecule has 12 heteroatoms. The van der Waals surface area contributed by atoms with Crippen molar-refractivity contribution >= 4 is 44.3 Å². The van der Waals surface area contributed by atoms with Crippen LogP contribution in [0.3, 0.4) is 0 Å². The highest BCUT2D eigenvalue weighted by atomic mass is 35.5. The summed E-state index contributed by atoms with van der Waals surface area (Å²) in [6, 6.07) is 10.00. The molecule has 200 valence electrons. The third-order valence-electron chi connectivity index (χ3n) is 7.16. The maximum atomic E-state index is 13.8. The maximum Gasteiger partial charge on any atom is 0.332 e. The zero-order valence-electron chi connectivity index (χ0n) is 20.6. The lowest BCUT2D eigenvalue weighted by atomic mass is 9.92. The Morgan fingerprint density at radius 2 is 1.86 bits per heavy atom. The van der Waals surface area contributed by atoms with Gasteiger partial charge in [0.05, 0.1) is 43.3 Å². The van der Waals surface area contributed by atoms with Gasteiger partial charge in [0, 0.05) is 5.02 Å². The van der Waals surface area contributed by atoms with Crippen LogP contribution in [0.5, 0.6) is 0 Å². The lowest BCUT2D eigenvalue weighted by Crippen LogP contribution is -2.65. The van der Waals surface area contributed by atoms with Gasteiger partial charge in [-0.05, 0) is 67.9 Å². The van der Waals surface area contributed by atoms with Gasteiger partial charge >= 0.3 is 5.97 Å². The first-order valence-electron chi connectivity index (χ1n) is 12.3. The fourth-order valence-electron chi connectivity index (χ4n) is 5.39. The first-order chi connectivity index (χ1) is 17.7. The lowest BCUT2D eigenvalue weighted by molar-refractivity contribution is -0.200. The highest BCUT2D eigenvalue weighted by Gasteiger charge is 2.60. The van der Waals surface area contributed by atoms with Gasteiger partial charge in [0.15, 0.2) is 5.72 Å². The smallest absolute Gasteiger partial charge is 0.332 e. The van der Waals surface area contributed by atoms with E-state index in [1.807, 2.05) is 0 Å². The van der Waals surface area contributed by atoms with Crippen molar-refractivity contribution in [2.75, 3.05) is 52.5 Å². The molecule has 1 spiro atoms. The molecule has 0 radical (unpaired) electrons. The summed E-state index contributed by atoms with van der Waals surface area (Å²) in [5.74, 6) is -0.902. The van der Waals surface area contributed by atoms with Crippen LogP contribution in [-0.2, 0) is 33.8 Å². The van der Waals surface area contributed by atoms with Crippen LogP contribution in [-0.4, -0.2) is 93.4 Å². The molecule has 2 aromatic rings. The van der Waals surface area contributed by atoms with E-state index in [2.05, 4.69) is 5.32 Å². The summed E-state index contributed by atoms with van der Waals surface area (Å²) in [6.45, 7) is 2.81. The first kappa shape index (κ1) is 26.3. The largest absolute Gasteiger partial charge is 0.464 e. The van der Waals surface area contributed by atoms with Gasteiger partial charge in [-0.15, -0.1) is 0 Å². The van der Waals surface area contributed by atoms with Gasteiger partial charge in [-0.1, -0.05) is 23.7 Å². The highest BCUT2D eigenvalue weighted by molar-refractivity contribution is 7.89. The Labute approximate surface area is 220 Å². The normalized spacial score (nSPS) is 23.9. The number of nitrogens with zero attached hydrogens (tertiary/aromatic N) is 2. The number of hydrogen-bond acceptors (Lipinski definition) is 8. The molecule has 0 saturated carbocycles. The van der Waals surface area contributed by atoms with Crippen LogP contribution in [0.25, 0.3) is 10.8 Å². The number of amides is 1. The van der Waals surface area contributed by atoms with Crippen molar-refractivity contribution in [3.63, 3.8) is 0 Å². The zero-order valence-corrected chi connectivity index (χ0v) is 22.1. The second-order valence-electron chi connectivity index (χ2n) is 9.69. The standard InChI is InChI=1S/C25H30ClN3O7S/c1-2-35-23(31)14-34-17-25-16-28(13-22(30)29(25)15-24(36-25)7-9-27-10-8-24)37(32,33)21-6-4-18-11-20(26)5-3-19(18)12-21/h3-6,11-12,27H,2,7-10,13-17H2,1H3. The topological polar surface area (TPSA) is 114 Å². The maximum absolute atomic E-state index is 13.8. The Hall–Kier alpha value is -2.28. The monoisotopic (exact) mass is 551 g/mol. The summed E-state index contributed by atoms with van der Waals surface area (Å²) in [5.41, 5.74) is -1.95. The number of nitrogens with one attached hydrogen (secondary N) is 1. The number of carbonyl (C=O) groups excluding carboxylic acids is 2. The SMILES string of the molecule is CCOC(=O)COCC12CN(S(=O)(=O)c3ccc4cc(Cl)ccc4c3)CC(=O)N1CC1(CCNCC1)O2. The van der Waals surface area contributed by atoms with E-state index in [1.165, 1.54) is 6.07 Å². The molecule has 2 aromatic carbocycles. The van der Waals surface area contributed by atoms with Crippen LogP contribution >= 0.6 is 11.6 Å². The number of rotatable bonds is 7. The number of piperazine rings is 1. The third kappa shape index (κ3) is 5.08. The van der Waals surface area contributed by atoms with Crippen LogP contribution in [0.1, 0.15) is 19.8 Å². The van der Waals surface area contributed by atoms with E-state index >= 15 is 0 Å². The summed E-state index contributed by atoms with van der Waals surface area (Å²) < 4.78 is 45.9. The summed E-state index contributed by atoms with van der Waals surface area (Å²) in [5, 5.41) is 5.38. The van der Waals surface area contributed by atoms with E-state index in [-0.39, 0.29) is 43.7 Å². The Balaban J connectivity index is 1.45. The number of benzene rings is 2. The van der Waals surface area contributed by atoms with Crippen LogP contribution in [0, 0.1) is 0 Å². The van der Waals surface area contributed by atoms with E-state index in [0.29, 0.717) is 29.8 Å². The van der Waals surface area contributed by atoms with E-state index in [9.17, 15) is 18.0 Å². The predicted octanol–water partition coefficient (Wildman–Crippen LogP) is 1.75. The molecule has 0 aliphatic carbocycles. The molecule has 0 aromatic heterocycles. The summed E-state index contributed by atoms with van der Waals surface area (Å²) in [6.07, 6.45) is 1.35. The van der Waals surface area contributed by atoms with Crippen molar-refractivity contribution in [1.29, 1.82) is 0 Å². The molecule has 1 amide bonds. The molecular weight excluding hydrogens is 522 g/mol. The van der Waals surface area contributed by atoms with Crippen molar-refractivity contribution < 1.29 is 32.2 Å². The Kier molecular flexibility index (Phi) is 7.20. The fourth-order valence-corrected chi connectivity index (χ4v) is 7.04. The molecule has 10 nitrogen and oxygen atoms in total. The van der Waals surface area contributed by atoms with Crippen molar-refractivity contribution in [3.8, 4) is 0 Å². The van der Waals surface area contributed by atoms with Crippen LogP contribution in [0.2, 0.25) is 5.02 Å². The van der Waals surface area contributed by atoms with Crippen molar-refractivity contribution in [2.24, 2.45) is 0 Å². The van der Waals surface area contributed by atoms with Crippen LogP contribution < -0.4 is 5.32 Å². The number of piperidine rings is 1. The number of esters is 1. The number of ether oxygens (including phenoxy) is 3. The Bertz CT molecular complexity index is 1310. The molecule has 3 heterocycles. The predicted molar refractivity (Wildman–Crippen MR) is 136 cm³/mol. The van der Waals surface area contributed by atoms with E-state index in [4.69, 9.17) is 25.8 Å². The van der Waals surface area contributed by atoms with Crippen LogP contribution in [0.4, 0.5) is 0 Å². The van der Waals surface area contributed by atoms with Gasteiger partial charge < -0.3 is 24.4 Å². The molecule has 3 saturated heterocycles. The summed E-state index contributed by atoms with van der Waals surface area (Å²) in [7, 11) is -4.05. The quantitative estimate of drug-likeness (QED) is 0.518. The lowest BCUT2D eigenvalue weighted by Gasteiger charge is -2.44. The third-order valence-corrected chi connectivity index (χ3v) is 9.18. The Morgan fingerprint density at radius 1 is 1.14 bits per heavy atom. The number of halogens is 1. The zero-order chi connectivity index (χ0) is 26.3. The van der Waals surface area contributed by atoms with Gasteiger partial charge in [0.1, 0.15) is 6.61 Å². The van der Waals surface area contributed by atoms with Gasteiger partial charge in [0.2, 0.25) is 15.9 Å². The minimum absolute atomic E-state index is 0.0701. The second kappa shape index (κ2) is 10.1. The van der Waals surface area contributed by atoms with Gasteiger partial charge in [-0.25, -0.2) is 13.2 Å². The van der Waals surface area contributed by atoms with Crippen molar-refractivity contribution in [2.45, 2.75) is 36.0 Å². The molecule has 37 heavy (non-hydrogen) atoms. The van der Waals surface area contributed by atoms with Crippen molar-refractivity contribution in [1.82, 2.24) is 14.5 Å². The molecular formula is C25H30ClN3O7S. The number of carbonyl (C=O) groups is 2. The van der Waals surface area contributed by atoms with Gasteiger partial charge in [0.25, 0.3) is 0 Å². The molecule has 3 aliphatic heterocycles. The molecule has 1 atom stereocenters. The van der Waals surface area contributed by atoms with E-state index < -0.39 is 27.3 Å². The second-order valence-corrected chi connectivity index (χ2v) is 12.1. The molecule has 1 unspecified atom stereocenters.